The van der Waals surface area contributed by atoms with Gasteiger partial charge in [-0.2, -0.15) is 0 Å². The van der Waals surface area contributed by atoms with E-state index in [2.05, 4.69) is 21.2 Å². The van der Waals surface area contributed by atoms with Crippen LogP contribution >= 0.6 is 15.9 Å². The summed E-state index contributed by atoms with van der Waals surface area (Å²) >= 11 is 3.36. The van der Waals surface area contributed by atoms with Gasteiger partial charge in [0.2, 0.25) is 15.9 Å². The van der Waals surface area contributed by atoms with E-state index < -0.39 is 22.5 Å². The van der Waals surface area contributed by atoms with Crippen LogP contribution in [0, 0.1) is 0 Å². The summed E-state index contributed by atoms with van der Waals surface area (Å²) in [6.45, 7) is -0.394. The Morgan fingerprint density at radius 1 is 0.966 bits per heavy atom. The molecule has 0 atom stereocenters. The number of ether oxygens (including phenoxy) is 1. The fourth-order valence-corrected chi connectivity index (χ4v) is 3.87. The molecule has 1 amide bonds. The highest BCUT2D eigenvalue weighted by Gasteiger charge is 2.24. The number of halogens is 1. The van der Waals surface area contributed by atoms with E-state index in [1.54, 1.807) is 54.6 Å². The van der Waals surface area contributed by atoms with Crippen LogP contribution in [0.15, 0.2) is 83.3 Å². The normalized spacial score (nSPS) is 11.0. The molecule has 0 radical (unpaired) electrons. The third-order valence-corrected chi connectivity index (χ3v) is 5.76. The Labute approximate surface area is 178 Å². The minimum Gasteiger partial charge on any atom is -0.455 e. The van der Waals surface area contributed by atoms with Crippen LogP contribution in [0.2, 0.25) is 0 Å². The van der Waals surface area contributed by atoms with Crippen molar-refractivity contribution in [1.82, 2.24) is 0 Å². The number of nitrogens with one attached hydrogen (secondary N) is 1. The zero-order valence-corrected chi connectivity index (χ0v) is 18.0. The Bertz CT molecular complexity index is 1100. The largest absolute Gasteiger partial charge is 0.455 e. The Morgan fingerprint density at radius 3 is 2.28 bits per heavy atom. The van der Waals surface area contributed by atoms with Gasteiger partial charge in [-0.3, -0.25) is 9.10 Å². The first-order valence-electron chi connectivity index (χ1n) is 8.68. The summed E-state index contributed by atoms with van der Waals surface area (Å²) in [5, 5.41) is 2.72. The van der Waals surface area contributed by atoms with E-state index in [0.29, 0.717) is 21.7 Å². The smallest absolute Gasteiger partial charge is 0.245 e. The molecule has 29 heavy (non-hydrogen) atoms. The Morgan fingerprint density at radius 2 is 1.59 bits per heavy atom. The highest BCUT2D eigenvalue weighted by Crippen LogP contribution is 2.33. The molecule has 0 aromatic heterocycles. The maximum Gasteiger partial charge on any atom is 0.245 e. The average Bonchev–Trinajstić information content (AvgIpc) is 2.69. The number of sulfonamides is 1. The molecule has 0 spiro atoms. The fourth-order valence-electron chi connectivity index (χ4n) is 2.63. The van der Waals surface area contributed by atoms with Gasteiger partial charge in [0.25, 0.3) is 0 Å². The lowest BCUT2D eigenvalue weighted by Gasteiger charge is -2.24. The highest BCUT2D eigenvalue weighted by molar-refractivity contribution is 9.10. The Balaban J connectivity index is 1.88. The molecule has 3 aromatic carbocycles. The van der Waals surface area contributed by atoms with Crippen LogP contribution in [-0.4, -0.2) is 27.1 Å². The number of carbonyl (C=O) groups excluding carboxylic acids is 1. The Hall–Kier alpha value is -2.84. The van der Waals surface area contributed by atoms with Crippen molar-refractivity contribution in [1.29, 1.82) is 0 Å². The van der Waals surface area contributed by atoms with Gasteiger partial charge in [-0.1, -0.05) is 42.5 Å². The van der Waals surface area contributed by atoms with Crippen LogP contribution in [0.3, 0.4) is 0 Å². The lowest BCUT2D eigenvalue weighted by Crippen LogP contribution is -2.37. The molecule has 1 N–H and O–H groups in total. The van der Waals surface area contributed by atoms with E-state index >= 15 is 0 Å². The molecule has 0 fully saturated rings. The van der Waals surface area contributed by atoms with Gasteiger partial charge in [0.05, 0.1) is 17.6 Å². The molecule has 3 rings (SSSR count). The van der Waals surface area contributed by atoms with Gasteiger partial charge in [0.15, 0.2) is 5.75 Å². The summed E-state index contributed by atoms with van der Waals surface area (Å²) in [4.78, 5) is 12.6. The number of rotatable bonds is 7. The van der Waals surface area contributed by atoms with Gasteiger partial charge >= 0.3 is 0 Å². The van der Waals surface area contributed by atoms with E-state index in [-0.39, 0.29) is 5.69 Å². The quantitative estimate of drug-likeness (QED) is 0.540. The Kier molecular flexibility index (Phi) is 6.56. The average molecular weight is 475 g/mol. The molecule has 8 heteroatoms. The lowest BCUT2D eigenvalue weighted by atomic mass is 10.2. The second kappa shape index (κ2) is 9.11. The van der Waals surface area contributed by atoms with Gasteiger partial charge in [-0.25, -0.2) is 8.42 Å². The van der Waals surface area contributed by atoms with Crippen molar-refractivity contribution in [2.45, 2.75) is 0 Å². The van der Waals surface area contributed by atoms with E-state index in [0.717, 1.165) is 10.6 Å². The molecule has 0 bridgehead atoms. The monoisotopic (exact) mass is 474 g/mol. The molecule has 150 valence electrons. The molecule has 0 saturated carbocycles. The molecule has 0 saturated heterocycles. The van der Waals surface area contributed by atoms with Gasteiger partial charge in [0, 0.05) is 4.47 Å². The number of anilines is 2. The first-order chi connectivity index (χ1) is 13.8. The number of para-hydroxylation sites is 4. The summed E-state index contributed by atoms with van der Waals surface area (Å²) in [5.41, 5.74) is 0.834. The van der Waals surface area contributed by atoms with Crippen LogP contribution in [0.5, 0.6) is 11.5 Å². The predicted octanol–water partition coefficient (Wildman–Crippen LogP) is 4.65. The van der Waals surface area contributed by atoms with Gasteiger partial charge < -0.3 is 10.1 Å². The van der Waals surface area contributed by atoms with Gasteiger partial charge in [0.1, 0.15) is 12.3 Å². The van der Waals surface area contributed by atoms with E-state index in [9.17, 15) is 13.2 Å². The maximum atomic E-state index is 12.6. The molecule has 0 aliphatic carbocycles. The summed E-state index contributed by atoms with van der Waals surface area (Å²) in [6, 6.07) is 22.8. The first kappa shape index (κ1) is 20.9. The second-order valence-electron chi connectivity index (χ2n) is 6.18. The van der Waals surface area contributed by atoms with Crippen LogP contribution in [0.4, 0.5) is 11.4 Å². The zero-order valence-electron chi connectivity index (χ0n) is 15.6. The number of carbonyl (C=O) groups is 1. The number of hydrogen-bond acceptors (Lipinski definition) is 4. The third-order valence-electron chi connectivity index (χ3n) is 3.94. The molecular weight excluding hydrogens is 456 g/mol. The van der Waals surface area contributed by atoms with Crippen molar-refractivity contribution in [3.05, 3.63) is 83.3 Å². The molecular formula is C21H19BrN2O4S. The fraction of sp³-hybridized carbons (Fsp3) is 0.0952. The van der Waals surface area contributed by atoms with Crippen LogP contribution in [0.1, 0.15) is 0 Å². The highest BCUT2D eigenvalue weighted by atomic mass is 79.9. The van der Waals surface area contributed by atoms with Gasteiger partial charge in [-0.15, -0.1) is 0 Å². The van der Waals surface area contributed by atoms with Crippen LogP contribution < -0.4 is 14.4 Å². The van der Waals surface area contributed by atoms with Crippen molar-refractivity contribution in [2.24, 2.45) is 0 Å². The number of amides is 1. The number of hydrogen-bond donors (Lipinski definition) is 1. The molecule has 3 aromatic rings. The summed E-state index contributed by atoms with van der Waals surface area (Å²) < 4.78 is 32.5. The zero-order chi connectivity index (χ0) is 20.9. The minimum absolute atomic E-state index is 0.279. The second-order valence-corrected chi connectivity index (χ2v) is 8.94. The van der Waals surface area contributed by atoms with Crippen molar-refractivity contribution in [3.63, 3.8) is 0 Å². The summed E-state index contributed by atoms with van der Waals surface area (Å²) in [5.74, 6) is 0.417. The SMILES string of the molecule is CS(=O)(=O)N(CC(=O)Nc1ccccc1Br)c1ccccc1Oc1ccccc1. The van der Waals surface area contributed by atoms with Crippen LogP contribution in [-0.2, 0) is 14.8 Å². The van der Waals surface area contributed by atoms with E-state index in [1.807, 2.05) is 24.3 Å². The van der Waals surface area contributed by atoms with Gasteiger partial charge in [-0.05, 0) is 52.3 Å². The third kappa shape index (κ3) is 5.58. The molecule has 0 aliphatic heterocycles. The summed E-state index contributed by atoms with van der Waals surface area (Å²) in [7, 11) is -3.75. The molecule has 6 nitrogen and oxygen atoms in total. The van der Waals surface area contributed by atoms with E-state index in [1.165, 1.54) is 0 Å². The van der Waals surface area contributed by atoms with Crippen molar-refractivity contribution in [3.8, 4) is 11.5 Å². The number of nitrogens with zero attached hydrogens (tertiary/aromatic N) is 1. The van der Waals surface area contributed by atoms with Crippen molar-refractivity contribution in [2.75, 3.05) is 22.4 Å². The molecule has 0 heterocycles. The minimum atomic E-state index is -3.75. The lowest BCUT2D eigenvalue weighted by molar-refractivity contribution is -0.114. The van der Waals surface area contributed by atoms with Crippen LogP contribution in [0.25, 0.3) is 0 Å². The topological polar surface area (TPSA) is 75.7 Å². The molecule has 0 unspecified atom stereocenters. The predicted molar refractivity (Wildman–Crippen MR) is 118 cm³/mol. The maximum absolute atomic E-state index is 12.6. The van der Waals surface area contributed by atoms with Crippen molar-refractivity contribution >= 4 is 43.2 Å². The van der Waals surface area contributed by atoms with Crippen molar-refractivity contribution < 1.29 is 17.9 Å². The number of benzene rings is 3. The standard InChI is InChI=1S/C21H19BrN2O4S/c1-29(26,27)24(15-21(25)23-18-12-6-5-11-17(18)22)19-13-7-8-14-20(19)28-16-9-3-2-4-10-16/h2-14H,15H2,1H3,(H,23,25). The van der Waals surface area contributed by atoms with E-state index in [4.69, 9.17) is 4.74 Å². The first-order valence-corrected chi connectivity index (χ1v) is 11.3. The summed E-state index contributed by atoms with van der Waals surface area (Å²) in [6.07, 6.45) is 1.05. The molecule has 0 aliphatic rings.